The van der Waals surface area contributed by atoms with Crippen molar-refractivity contribution in [1.29, 1.82) is 0 Å². The number of piperidine rings is 1. The van der Waals surface area contributed by atoms with Crippen LogP contribution in [0.1, 0.15) is 35.4 Å². The first kappa shape index (κ1) is 21.5. The van der Waals surface area contributed by atoms with E-state index < -0.39 is 0 Å². The Morgan fingerprint density at radius 2 is 2.06 bits per heavy atom. The first-order chi connectivity index (χ1) is 15.7. The Morgan fingerprint density at radius 1 is 1.25 bits per heavy atom. The lowest BCUT2D eigenvalue weighted by atomic mass is 9.88. The van der Waals surface area contributed by atoms with Crippen LogP contribution < -0.4 is 11.1 Å². The molecule has 168 valence electrons. The van der Waals surface area contributed by atoms with Gasteiger partial charge in [0.25, 0.3) is 0 Å². The molecule has 5 rings (SSSR count). The van der Waals surface area contributed by atoms with Gasteiger partial charge < -0.3 is 16.0 Å². The highest BCUT2D eigenvalue weighted by molar-refractivity contribution is 7.98. The van der Waals surface area contributed by atoms with E-state index in [-0.39, 0.29) is 0 Å². The molecular weight excluding hydrogens is 416 g/mol. The Labute approximate surface area is 195 Å². The van der Waals surface area contributed by atoms with Crippen molar-refractivity contribution in [2.75, 3.05) is 45.6 Å². The maximum atomic E-state index is 5.89. The number of anilines is 2. The molecule has 2 saturated heterocycles. The molecule has 0 unspecified atom stereocenters. The zero-order chi connectivity index (χ0) is 22.1. The quantitative estimate of drug-likeness (QED) is 0.691. The molecule has 0 amide bonds. The summed E-state index contributed by atoms with van der Waals surface area (Å²) < 4.78 is 0. The van der Waals surface area contributed by atoms with E-state index in [2.05, 4.69) is 50.3 Å². The summed E-state index contributed by atoms with van der Waals surface area (Å²) in [6.45, 7) is 4.88. The van der Waals surface area contributed by atoms with Crippen LogP contribution in [0.5, 0.6) is 0 Å². The van der Waals surface area contributed by atoms with Crippen molar-refractivity contribution in [3.8, 4) is 0 Å². The monoisotopic (exact) mass is 448 g/mol. The molecule has 0 saturated carbocycles. The van der Waals surface area contributed by atoms with Gasteiger partial charge in [0.05, 0.1) is 5.69 Å². The molecule has 0 aliphatic carbocycles. The molecule has 0 atom stereocenters. The highest BCUT2D eigenvalue weighted by atomic mass is 32.2. The normalized spacial score (nSPS) is 21.0. The van der Waals surface area contributed by atoms with Gasteiger partial charge in [0.2, 0.25) is 0 Å². The number of nitrogens with zero attached hydrogens (tertiary/aromatic N) is 4. The van der Waals surface area contributed by atoms with Crippen molar-refractivity contribution in [3.05, 3.63) is 53.4 Å². The van der Waals surface area contributed by atoms with E-state index >= 15 is 0 Å². The van der Waals surface area contributed by atoms with Crippen LogP contribution in [-0.2, 0) is 5.75 Å². The SMILES string of the molecule is CN=C/C(=C\N)c1ccnc2c1CSc1ccc(C3CCN(C4CN(C)C4)CC3)cc1N2. The molecule has 32 heavy (non-hydrogen) atoms. The number of nitrogens with one attached hydrogen (secondary N) is 1. The lowest BCUT2D eigenvalue weighted by Gasteiger charge is -2.46. The van der Waals surface area contributed by atoms with E-state index in [0.29, 0.717) is 5.92 Å². The second kappa shape index (κ2) is 9.25. The molecule has 2 aromatic rings. The Kier molecular flexibility index (Phi) is 6.22. The molecule has 7 heteroatoms. The van der Waals surface area contributed by atoms with Crippen molar-refractivity contribution in [2.24, 2.45) is 10.7 Å². The third kappa shape index (κ3) is 4.17. The number of aliphatic imine (C=N–C) groups is 1. The zero-order valence-electron chi connectivity index (χ0n) is 18.9. The summed E-state index contributed by atoms with van der Waals surface area (Å²) in [5.41, 5.74) is 11.7. The number of benzene rings is 1. The van der Waals surface area contributed by atoms with Crippen molar-refractivity contribution in [3.63, 3.8) is 0 Å². The van der Waals surface area contributed by atoms with E-state index in [1.807, 2.05) is 30.2 Å². The van der Waals surface area contributed by atoms with Crippen molar-refractivity contribution in [2.45, 2.75) is 35.4 Å². The van der Waals surface area contributed by atoms with Gasteiger partial charge in [0, 0.05) is 66.6 Å². The summed E-state index contributed by atoms with van der Waals surface area (Å²) in [4.78, 5) is 15.2. The average Bonchev–Trinajstić information content (AvgIpc) is 2.99. The van der Waals surface area contributed by atoms with Gasteiger partial charge in [-0.1, -0.05) is 6.07 Å². The number of likely N-dealkylation sites (N-methyl/N-ethyl adjacent to an activating group) is 1. The van der Waals surface area contributed by atoms with Gasteiger partial charge in [-0.05, 0) is 68.2 Å². The summed E-state index contributed by atoms with van der Waals surface area (Å²) in [5.74, 6) is 2.40. The average molecular weight is 449 g/mol. The van der Waals surface area contributed by atoms with Crippen LogP contribution in [0.15, 0.2) is 46.6 Å². The first-order valence-electron chi connectivity index (χ1n) is 11.4. The molecule has 2 fully saturated rings. The number of nitrogens with two attached hydrogens (primary N) is 1. The fourth-order valence-electron chi connectivity index (χ4n) is 5.16. The minimum atomic E-state index is 0.635. The summed E-state index contributed by atoms with van der Waals surface area (Å²) in [5, 5.41) is 3.63. The van der Waals surface area contributed by atoms with Crippen LogP contribution in [0.25, 0.3) is 5.57 Å². The van der Waals surface area contributed by atoms with Gasteiger partial charge in [-0.2, -0.15) is 0 Å². The van der Waals surface area contributed by atoms with Gasteiger partial charge in [-0.15, -0.1) is 11.8 Å². The second-order valence-corrected chi connectivity index (χ2v) is 10.1. The largest absolute Gasteiger partial charge is 0.404 e. The van der Waals surface area contributed by atoms with Gasteiger partial charge in [0.1, 0.15) is 5.82 Å². The van der Waals surface area contributed by atoms with Crippen LogP contribution in [0, 0.1) is 0 Å². The molecule has 3 aliphatic heterocycles. The van der Waals surface area contributed by atoms with Gasteiger partial charge in [-0.3, -0.25) is 9.89 Å². The number of aromatic nitrogens is 1. The smallest absolute Gasteiger partial charge is 0.135 e. The Hall–Kier alpha value is -2.35. The number of hydrogen-bond donors (Lipinski definition) is 2. The Morgan fingerprint density at radius 3 is 2.78 bits per heavy atom. The van der Waals surface area contributed by atoms with E-state index in [4.69, 9.17) is 5.73 Å². The Bertz CT molecular complexity index is 1030. The molecule has 4 heterocycles. The van der Waals surface area contributed by atoms with E-state index in [1.54, 1.807) is 13.2 Å². The topological polar surface area (TPSA) is 69.8 Å². The molecule has 0 radical (unpaired) electrons. The van der Waals surface area contributed by atoms with Gasteiger partial charge in [-0.25, -0.2) is 4.98 Å². The van der Waals surface area contributed by atoms with Gasteiger partial charge in [0.15, 0.2) is 0 Å². The number of allylic oxidation sites excluding steroid dienone is 1. The van der Waals surface area contributed by atoms with Crippen molar-refractivity contribution in [1.82, 2.24) is 14.8 Å². The van der Waals surface area contributed by atoms with E-state index in [0.717, 1.165) is 28.7 Å². The predicted molar refractivity (Wildman–Crippen MR) is 135 cm³/mol. The fraction of sp³-hybridized carbons (Fsp3) is 0.440. The van der Waals surface area contributed by atoms with Crippen LogP contribution in [0.3, 0.4) is 0 Å². The lowest BCUT2D eigenvalue weighted by molar-refractivity contribution is 0.0363. The van der Waals surface area contributed by atoms with E-state index in [1.165, 1.54) is 60.7 Å². The van der Waals surface area contributed by atoms with Gasteiger partial charge >= 0.3 is 0 Å². The summed E-state index contributed by atoms with van der Waals surface area (Å²) >= 11 is 1.85. The number of likely N-dealkylation sites (tertiary alicyclic amines) is 2. The summed E-state index contributed by atoms with van der Waals surface area (Å²) in [6.07, 6.45) is 7.77. The molecule has 1 aromatic carbocycles. The highest BCUT2D eigenvalue weighted by Crippen LogP contribution is 2.42. The van der Waals surface area contributed by atoms with Crippen molar-refractivity contribution < 1.29 is 0 Å². The third-order valence-corrected chi connectivity index (χ3v) is 8.11. The maximum Gasteiger partial charge on any atom is 0.135 e. The molecule has 0 bridgehead atoms. The second-order valence-electron chi connectivity index (χ2n) is 9.05. The minimum Gasteiger partial charge on any atom is -0.404 e. The van der Waals surface area contributed by atoms with E-state index in [9.17, 15) is 0 Å². The maximum absolute atomic E-state index is 5.89. The number of thioether (sulfide) groups is 1. The van der Waals surface area contributed by atoms with Crippen molar-refractivity contribution >= 4 is 35.1 Å². The summed E-state index contributed by atoms with van der Waals surface area (Å²) in [7, 11) is 3.98. The molecule has 3 aliphatic rings. The number of hydrogen-bond acceptors (Lipinski definition) is 7. The van der Waals surface area contributed by atoms with Crippen LogP contribution >= 0.6 is 11.8 Å². The highest BCUT2D eigenvalue weighted by Gasteiger charge is 2.32. The van der Waals surface area contributed by atoms with Crippen LogP contribution in [0.2, 0.25) is 0 Å². The summed E-state index contributed by atoms with van der Waals surface area (Å²) in [6, 6.07) is 9.78. The minimum absolute atomic E-state index is 0.635. The molecule has 3 N–H and O–H groups in total. The number of fused-ring (bicyclic) bond motifs is 2. The van der Waals surface area contributed by atoms with Crippen LogP contribution in [0.4, 0.5) is 11.5 Å². The Balaban J connectivity index is 1.35. The predicted octanol–water partition coefficient (Wildman–Crippen LogP) is 3.92. The standard InChI is InChI=1S/C25H32N6S/c1-27-13-19(12-26)21-5-8-28-25-22(21)16-32-24-4-3-18(11-23(24)29-25)17-6-9-31(10-7-17)20-14-30(2)15-20/h3-5,8,11-13,17,20H,6-7,9-10,14-16,26H2,1-2H3,(H,28,29)/b19-12+,27-13?. The molecular formula is C25H32N6S. The molecule has 1 aromatic heterocycles. The third-order valence-electron chi connectivity index (χ3n) is 7.01. The lowest BCUT2D eigenvalue weighted by Crippen LogP contribution is -2.59. The molecule has 0 spiro atoms. The molecule has 6 nitrogen and oxygen atoms in total. The first-order valence-corrected chi connectivity index (χ1v) is 12.4. The number of pyridine rings is 1. The van der Waals surface area contributed by atoms with Crippen LogP contribution in [-0.4, -0.2) is 67.3 Å². The number of rotatable bonds is 4. The fourth-order valence-corrected chi connectivity index (χ4v) is 6.18. The zero-order valence-corrected chi connectivity index (χ0v) is 19.7.